The second kappa shape index (κ2) is 8.71. The van der Waals surface area contributed by atoms with E-state index >= 15 is 0 Å². The quantitative estimate of drug-likeness (QED) is 0.797. The number of furan rings is 1. The Labute approximate surface area is 160 Å². The second-order valence-corrected chi connectivity index (χ2v) is 6.98. The molecule has 0 bridgehead atoms. The highest BCUT2D eigenvalue weighted by Crippen LogP contribution is 2.31. The van der Waals surface area contributed by atoms with E-state index in [0.717, 1.165) is 12.8 Å². The van der Waals surface area contributed by atoms with Gasteiger partial charge >= 0.3 is 0 Å². The number of amides is 2. The summed E-state index contributed by atoms with van der Waals surface area (Å²) in [5.74, 6) is -0.250. The molecule has 3 rings (SSSR count). The van der Waals surface area contributed by atoms with Crippen molar-refractivity contribution < 1.29 is 14.0 Å². The molecule has 2 aromatic rings. The third kappa shape index (κ3) is 4.48. The van der Waals surface area contributed by atoms with Gasteiger partial charge in [0.25, 0.3) is 5.91 Å². The minimum atomic E-state index is -0.245. The maximum absolute atomic E-state index is 12.8. The van der Waals surface area contributed by atoms with Crippen LogP contribution in [-0.4, -0.2) is 36.3 Å². The van der Waals surface area contributed by atoms with E-state index in [1.807, 2.05) is 0 Å². The van der Waals surface area contributed by atoms with E-state index in [1.165, 1.54) is 23.7 Å². The van der Waals surface area contributed by atoms with Crippen molar-refractivity contribution in [1.29, 1.82) is 0 Å². The van der Waals surface area contributed by atoms with Crippen LogP contribution in [0.25, 0.3) is 0 Å². The maximum Gasteiger partial charge on any atom is 0.257 e. The van der Waals surface area contributed by atoms with Gasteiger partial charge in [-0.2, -0.15) is 0 Å². The number of piperidine rings is 1. The Morgan fingerprint density at radius 1 is 1.26 bits per heavy atom. The van der Waals surface area contributed by atoms with Crippen molar-refractivity contribution in [2.75, 3.05) is 19.6 Å². The van der Waals surface area contributed by atoms with Gasteiger partial charge in [0.2, 0.25) is 5.91 Å². The first-order valence-electron chi connectivity index (χ1n) is 9.41. The van der Waals surface area contributed by atoms with Crippen LogP contribution in [0.4, 0.5) is 0 Å². The van der Waals surface area contributed by atoms with Crippen molar-refractivity contribution in [2.45, 2.75) is 25.7 Å². The van der Waals surface area contributed by atoms with Crippen molar-refractivity contribution in [1.82, 2.24) is 10.2 Å². The molecule has 0 radical (unpaired) electrons. The van der Waals surface area contributed by atoms with Crippen molar-refractivity contribution in [3.8, 4) is 0 Å². The number of nitrogens with zero attached hydrogens (tertiary/aromatic N) is 1. The normalized spacial score (nSPS) is 19.5. The largest absolute Gasteiger partial charge is 0.472 e. The number of carbonyl (C=O) groups is 2. The zero-order valence-corrected chi connectivity index (χ0v) is 15.7. The van der Waals surface area contributed by atoms with Gasteiger partial charge in [-0.3, -0.25) is 9.59 Å². The van der Waals surface area contributed by atoms with E-state index in [4.69, 9.17) is 4.42 Å². The van der Waals surface area contributed by atoms with Crippen LogP contribution in [-0.2, 0) is 11.2 Å². The lowest BCUT2D eigenvalue weighted by Gasteiger charge is -2.37. The Kier molecular flexibility index (Phi) is 6.12. The van der Waals surface area contributed by atoms with E-state index in [0.29, 0.717) is 25.2 Å². The van der Waals surface area contributed by atoms with Crippen LogP contribution in [0.1, 0.15) is 40.7 Å². The molecule has 1 aliphatic heterocycles. The van der Waals surface area contributed by atoms with Crippen LogP contribution in [0.5, 0.6) is 0 Å². The molecule has 1 aliphatic rings. The minimum absolute atomic E-state index is 0.0326. The lowest BCUT2D eigenvalue weighted by Crippen LogP contribution is -2.48. The van der Waals surface area contributed by atoms with Crippen LogP contribution in [0.15, 0.2) is 59.9 Å². The Morgan fingerprint density at radius 2 is 2.04 bits per heavy atom. The van der Waals surface area contributed by atoms with Gasteiger partial charge in [0.1, 0.15) is 6.26 Å². The molecule has 1 N–H and O–H groups in total. The fourth-order valence-electron chi connectivity index (χ4n) is 3.61. The fourth-order valence-corrected chi connectivity index (χ4v) is 3.61. The smallest absolute Gasteiger partial charge is 0.257 e. The summed E-state index contributed by atoms with van der Waals surface area (Å²) in [6.45, 7) is 7.21. The summed E-state index contributed by atoms with van der Waals surface area (Å²) in [7, 11) is 0. The molecule has 0 aliphatic carbocycles. The minimum Gasteiger partial charge on any atom is -0.472 e. The molecule has 0 spiro atoms. The summed E-state index contributed by atoms with van der Waals surface area (Å²) < 4.78 is 5.05. The number of carbonyl (C=O) groups excluding carboxylic acids is 2. The fraction of sp³-hybridized carbons (Fsp3) is 0.364. The van der Waals surface area contributed by atoms with Crippen LogP contribution in [0, 0.1) is 5.92 Å². The SMILES string of the molecule is C=CCNC(=O)[C@@H]1C[C@@H](c2ccc(CC)cc2)CN(C(=O)c2ccoc2)C1. The molecule has 1 aromatic heterocycles. The summed E-state index contributed by atoms with van der Waals surface area (Å²) in [5, 5.41) is 2.87. The molecule has 2 amide bonds. The number of rotatable bonds is 6. The lowest BCUT2D eigenvalue weighted by molar-refractivity contribution is -0.126. The van der Waals surface area contributed by atoms with Gasteiger partial charge < -0.3 is 14.6 Å². The predicted molar refractivity (Wildman–Crippen MR) is 104 cm³/mol. The molecule has 5 heteroatoms. The molecule has 1 saturated heterocycles. The molecule has 0 unspecified atom stereocenters. The van der Waals surface area contributed by atoms with Gasteiger partial charge in [-0.05, 0) is 30.0 Å². The van der Waals surface area contributed by atoms with Gasteiger partial charge in [0.15, 0.2) is 0 Å². The van der Waals surface area contributed by atoms with E-state index in [2.05, 4.69) is 43.1 Å². The summed E-state index contributed by atoms with van der Waals surface area (Å²) in [4.78, 5) is 27.2. The highest BCUT2D eigenvalue weighted by Gasteiger charge is 2.34. The summed E-state index contributed by atoms with van der Waals surface area (Å²) in [5.41, 5.74) is 2.96. The Balaban J connectivity index is 1.82. The van der Waals surface area contributed by atoms with Crippen molar-refractivity contribution in [3.05, 3.63) is 72.2 Å². The molecule has 27 heavy (non-hydrogen) atoms. The van der Waals surface area contributed by atoms with Gasteiger partial charge in [-0.1, -0.05) is 37.3 Å². The Morgan fingerprint density at radius 3 is 2.67 bits per heavy atom. The summed E-state index contributed by atoms with van der Waals surface area (Å²) in [6, 6.07) is 10.1. The summed E-state index contributed by atoms with van der Waals surface area (Å²) in [6.07, 6.45) is 6.32. The zero-order valence-electron chi connectivity index (χ0n) is 15.7. The molecular formula is C22H26N2O3. The first kappa shape index (κ1) is 19.0. The Hall–Kier alpha value is -2.82. The van der Waals surface area contributed by atoms with E-state index in [-0.39, 0.29) is 23.7 Å². The standard InChI is InChI=1S/C22H26N2O3/c1-3-10-23-21(25)20-12-19(17-7-5-16(4-2)6-8-17)13-24(14-20)22(26)18-9-11-27-15-18/h3,5-9,11,15,19-20H,1,4,10,12-14H2,2H3,(H,23,25)/t19-,20-/m1/s1. The molecular weight excluding hydrogens is 340 g/mol. The molecule has 1 fully saturated rings. The second-order valence-electron chi connectivity index (χ2n) is 6.98. The highest BCUT2D eigenvalue weighted by molar-refractivity contribution is 5.94. The molecule has 5 nitrogen and oxygen atoms in total. The number of benzene rings is 1. The topological polar surface area (TPSA) is 62.6 Å². The van der Waals surface area contributed by atoms with Crippen molar-refractivity contribution in [2.24, 2.45) is 5.92 Å². The van der Waals surface area contributed by atoms with Gasteiger partial charge in [0, 0.05) is 25.6 Å². The first-order chi connectivity index (χ1) is 13.1. The number of nitrogens with one attached hydrogen (secondary N) is 1. The van der Waals surface area contributed by atoms with Gasteiger partial charge in [0.05, 0.1) is 17.7 Å². The van der Waals surface area contributed by atoms with Crippen LogP contribution in [0.2, 0.25) is 0 Å². The average molecular weight is 366 g/mol. The number of likely N-dealkylation sites (tertiary alicyclic amines) is 1. The van der Waals surface area contributed by atoms with Crippen LogP contribution < -0.4 is 5.32 Å². The van der Waals surface area contributed by atoms with E-state index < -0.39 is 0 Å². The van der Waals surface area contributed by atoms with Crippen LogP contribution >= 0.6 is 0 Å². The third-order valence-electron chi connectivity index (χ3n) is 5.16. The van der Waals surface area contributed by atoms with Gasteiger partial charge in [-0.15, -0.1) is 6.58 Å². The molecule has 0 saturated carbocycles. The van der Waals surface area contributed by atoms with Crippen molar-refractivity contribution >= 4 is 11.8 Å². The van der Waals surface area contributed by atoms with Gasteiger partial charge in [-0.25, -0.2) is 0 Å². The van der Waals surface area contributed by atoms with Crippen LogP contribution in [0.3, 0.4) is 0 Å². The maximum atomic E-state index is 12.8. The summed E-state index contributed by atoms with van der Waals surface area (Å²) >= 11 is 0. The average Bonchev–Trinajstić information content (AvgIpc) is 3.26. The number of hydrogen-bond donors (Lipinski definition) is 1. The van der Waals surface area contributed by atoms with E-state index in [9.17, 15) is 9.59 Å². The Bertz CT molecular complexity index is 780. The van der Waals surface area contributed by atoms with E-state index in [1.54, 1.807) is 17.0 Å². The predicted octanol–water partition coefficient (Wildman–Crippen LogP) is 3.39. The highest BCUT2D eigenvalue weighted by atomic mass is 16.3. The zero-order chi connectivity index (χ0) is 19.2. The third-order valence-corrected chi connectivity index (χ3v) is 5.16. The number of aryl methyl sites for hydroxylation is 1. The molecule has 2 atom stereocenters. The molecule has 142 valence electrons. The first-order valence-corrected chi connectivity index (χ1v) is 9.41. The molecule has 1 aromatic carbocycles. The number of hydrogen-bond acceptors (Lipinski definition) is 3. The molecule has 2 heterocycles. The monoisotopic (exact) mass is 366 g/mol. The lowest BCUT2D eigenvalue weighted by atomic mass is 9.83. The van der Waals surface area contributed by atoms with Crippen molar-refractivity contribution in [3.63, 3.8) is 0 Å².